The molecule has 70 heavy (non-hydrogen) atoms. The average molecular weight is 890 g/mol. The Kier molecular flexibility index (Phi) is 7.58. The molecule has 0 saturated carbocycles. The van der Waals surface area contributed by atoms with Crippen molar-refractivity contribution in [2.45, 2.75) is 0 Å². The Bertz CT molecular complexity index is 4810. The molecule has 4 heteroatoms. The molecule has 0 fully saturated rings. The fourth-order valence-corrected chi connectivity index (χ4v) is 12.0. The van der Waals surface area contributed by atoms with Crippen LogP contribution < -0.4 is 0 Å². The largest absolute Gasteiger partial charge is 0.454 e. The molecule has 0 aliphatic rings. The summed E-state index contributed by atoms with van der Waals surface area (Å²) in [5, 5.41) is 12.4. The van der Waals surface area contributed by atoms with Crippen molar-refractivity contribution >= 4 is 104 Å². The van der Waals surface area contributed by atoms with E-state index in [0.717, 1.165) is 44.3 Å². The Morgan fingerprint density at radius 3 is 1.37 bits per heavy atom. The molecule has 0 aliphatic carbocycles. The first-order valence-electron chi connectivity index (χ1n) is 24.1. The van der Waals surface area contributed by atoms with Crippen LogP contribution in [-0.2, 0) is 0 Å². The molecule has 0 N–H and O–H groups in total. The van der Waals surface area contributed by atoms with E-state index in [-0.39, 0.29) is 0 Å². The normalized spacial score (nSPS) is 12.3. The highest BCUT2D eigenvalue weighted by Crippen LogP contribution is 2.43. The highest BCUT2D eigenvalue weighted by molar-refractivity contribution is 6.23. The van der Waals surface area contributed by atoms with Crippen molar-refractivity contribution in [2.75, 3.05) is 0 Å². The molecule has 0 unspecified atom stereocenters. The van der Waals surface area contributed by atoms with Gasteiger partial charge in [-0.3, -0.25) is 0 Å². The molecule has 4 nitrogen and oxygen atoms in total. The van der Waals surface area contributed by atoms with Gasteiger partial charge in [0.1, 0.15) is 5.58 Å². The van der Waals surface area contributed by atoms with Gasteiger partial charge in [0.25, 0.3) is 0 Å². The van der Waals surface area contributed by atoms with E-state index in [1.807, 2.05) is 6.07 Å². The predicted octanol–water partition coefficient (Wildman–Crippen LogP) is 17.9. The zero-order chi connectivity index (χ0) is 45.6. The van der Waals surface area contributed by atoms with E-state index in [1.54, 1.807) is 0 Å². The van der Waals surface area contributed by atoms with Gasteiger partial charge in [0.05, 0.1) is 44.3 Å². The van der Waals surface area contributed by atoms with E-state index in [2.05, 4.69) is 244 Å². The molecule has 11 aromatic carbocycles. The third-order valence-corrected chi connectivity index (χ3v) is 15.2. The predicted molar refractivity (Wildman–Crippen MR) is 293 cm³/mol. The van der Waals surface area contributed by atoms with Gasteiger partial charge in [0, 0.05) is 59.5 Å². The lowest BCUT2D eigenvalue weighted by Gasteiger charge is -2.11. The summed E-state index contributed by atoms with van der Waals surface area (Å²) in [5.74, 6) is 0. The van der Waals surface area contributed by atoms with Gasteiger partial charge in [-0.25, -0.2) is 0 Å². The minimum absolute atomic E-state index is 0.901. The Morgan fingerprint density at radius 1 is 0.257 bits per heavy atom. The van der Waals surface area contributed by atoms with Crippen LogP contribution in [0.4, 0.5) is 0 Å². The third kappa shape index (κ3) is 5.19. The van der Waals surface area contributed by atoms with E-state index in [4.69, 9.17) is 4.42 Å². The molecule has 324 valence electrons. The number of hydrogen-bond donors (Lipinski definition) is 0. The van der Waals surface area contributed by atoms with E-state index < -0.39 is 0 Å². The first kappa shape index (κ1) is 37.7. The summed E-state index contributed by atoms with van der Waals surface area (Å²) in [6.45, 7) is 0. The summed E-state index contributed by atoms with van der Waals surface area (Å²) < 4.78 is 13.8. The van der Waals surface area contributed by atoms with Gasteiger partial charge >= 0.3 is 0 Å². The lowest BCUT2D eigenvalue weighted by atomic mass is 9.98. The highest BCUT2D eigenvalue weighted by atomic mass is 16.3. The standard InChI is InChI=1S/C66H39N3O/c1-7-20-59-47(11-1)52-15-9-16-53-50-34-29-45(39-63(50)69(59)65(52)53)42-27-32-46(33-28-42)67-57-18-5-2-12-48(57)55-37-43(30-35-60(55)67)40-23-25-41(26-24-40)44-31-36-61-56(38-44)49-13-3-6-19-58(49)68(61)62-21-10-17-54-51-14-4-8-22-64(51)70-66(54)62/h1-39H. The highest BCUT2D eigenvalue weighted by Gasteiger charge is 2.20. The van der Waals surface area contributed by atoms with Gasteiger partial charge < -0.3 is 18.0 Å². The molecule has 16 aromatic rings. The summed E-state index contributed by atoms with van der Waals surface area (Å²) in [6, 6.07) is 86.7. The Labute approximate surface area is 401 Å². The zero-order valence-electron chi connectivity index (χ0n) is 37.8. The van der Waals surface area contributed by atoms with Gasteiger partial charge in [-0.05, 0) is 106 Å². The number of nitrogens with zero attached hydrogens (tertiary/aromatic N) is 3. The minimum Gasteiger partial charge on any atom is -0.454 e. The van der Waals surface area contributed by atoms with E-state index in [0.29, 0.717) is 0 Å². The van der Waals surface area contributed by atoms with Crippen LogP contribution in [0.2, 0.25) is 0 Å². The van der Waals surface area contributed by atoms with Crippen molar-refractivity contribution in [3.63, 3.8) is 0 Å². The fraction of sp³-hybridized carbons (Fsp3) is 0. The van der Waals surface area contributed by atoms with Crippen LogP contribution in [0.15, 0.2) is 241 Å². The maximum atomic E-state index is 6.54. The average Bonchev–Trinajstić information content (AvgIpc) is 4.23. The molecule has 5 aromatic heterocycles. The number of hydrogen-bond acceptors (Lipinski definition) is 1. The Morgan fingerprint density at radius 2 is 0.700 bits per heavy atom. The van der Waals surface area contributed by atoms with Crippen molar-refractivity contribution in [3.8, 4) is 44.8 Å². The smallest absolute Gasteiger partial charge is 0.159 e. The quantitative estimate of drug-likeness (QED) is 0.169. The van der Waals surface area contributed by atoms with Crippen molar-refractivity contribution in [3.05, 3.63) is 237 Å². The molecule has 0 spiro atoms. The molecule has 0 amide bonds. The summed E-state index contributed by atoms with van der Waals surface area (Å²) in [7, 11) is 0. The summed E-state index contributed by atoms with van der Waals surface area (Å²) in [6.07, 6.45) is 0. The molecule has 16 rings (SSSR count). The SMILES string of the molecule is c1ccc2c(c1)oc1c(-n3c4ccccc4c4cc(-c5ccc(-c6ccc7c(c6)c6ccccc6n7-c6ccc(-c7ccc8c9cccc%10c%11ccccc%11n(c8c7)c%109)cc6)cc5)ccc43)cccc12. The Hall–Kier alpha value is -9.38. The molecule has 5 heterocycles. The van der Waals surface area contributed by atoms with Gasteiger partial charge in [-0.1, -0.05) is 164 Å². The maximum Gasteiger partial charge on any atom is 0.159 e. The van der Waals surface area contributed by atoms with Gasteiger partial charge in [0.15, 0.2) is 5.58 Å². The van der Waals surface area contributed by atoms with Crippen molar-refractivity contribution in [2.24, 2.45) is 0 Å². The van der Waals surface area contributed by atoms with Gasteiger partial charge in [-0.2, -0.15) is 0 Å². The van der Waals surface area contributed by atoms with Crippen LogP contribution >= 0.6 is 0 Å². The summed E-state index contributed by atoms with van der Waals surface area (Å²) in [4.78, 5) is 0. The van der Waals surface area contributed by atoms with Crippen LogP contribution in [0.5, 0.6) is 0 Å². The number of aromatic nitrogens is 3. The van der Waals surface area contributed by atoms with E-state index >= 15 is 0 Å². The fourth-order valence-electron chi connectivity index (χ4n) is 12.0. The summed E-state index contributed by atoms with van der Waals surface area (Å²) >= 11 is 0. The molecular weight excluding hydrogens is 851 g/mol. The molecule has 0 saturated heterocycles. The zero-order valence-corrected chi connectivity index (χ0v) is 37.8. The van der Waals surface area contributed by atoms with Crippen LogP contribution in [0.1, 0.15) is 0 Å². The van der Waals surface area contributed by atoms with Crippen LogP contribution in [0.25, 0.3) is 148 Å². The van der Waals surface area contributed by atoms with Gasteiger partial charge in [0.2, 0.25) is 0 Å². The van der Waals surface area contributed by atoms with Crippen molar-refractivity contribution in [1.82, 2.24) is 13.5 Å². The second kappa shape index (κ2) is 14.1. The van der Waals surface area contributed by atoms with Crippen molar-refractivity contribution < 1.29 is 4.42 Å². The Balaban J connectivity index is 0.743. The minimum atomic E-state index is 0.901. The number of benzene rings is 11. The molecular formula is C66H39N3O. The number of rotatable bonds is 5. The van der Waals surface area contributed by atoms with Crippen LogP contribution in [0, 0.1) is 0 Å². The second-order valence-electron chi connectivity index (χ2n) is 18.8. The summed E-state index contributed by atoms with van der Waals surface area (Å²) in [5.41, 5.74) is 19.7. The topological polar surface area (TPSA) is 27.4 Å². The van der Waals surface area contributed by atoms with E-state index in [9.17, 15) is 0 Å². The first-order chi connectivity index (χ1) is 34.7. The molecule has 0 atom stereocenters. The lowest BCUT2D eigenvalue weighted by molar-refractivity contribution is 0.666. The van der Waals surface area contributed by atoms with E-state index in [1.165, 1.54) is 104 Å². The third-order valence-electron chi connectivity index (χ3n) is 15.2. The monoisotopic (exact) mass is 889 g/mol. The maximum absolute atomic E-state index is 6.54. The van der Waals surface area contributed by atoms with Crippen LogP contribution in [0.3, 0.4) is 0 Å². The lowest BCUT2D eigenvalue weighted by Crippen LogP contribution is -1.94. The van der Waals surface area contributed by atoms with Crippen LogP contribution in [-0.4, -0.2) is 13.5 Å². The second-order valence-corrected chi connectivity index (χ2v) is 18.8. The molecule has 0 radical (unpaired) electrons. The number of furan rings is 1. The first-order valence-corrected chi connectivity index (χ1v) is 24.1. The molecule has 0 bridgehead atoms. The number of fused-ring (bicyclic) bond motifs is 15. The van der Waals surface area contributed by atoms with Crippen molar-refractivity contribution in [1.29, 1.82) is 0 Å². The molecule has 0 aliphatic heterocycles. The van der Waals surface area contributed by atoms with Gasteiger partial charge in [-0.15, -0.1) is 0 Å². The number of para-hydroxylation sites is 6.